The van der Waals surface area contributed by atoms with Gasteiger partial charge in [0, 0.05) is 31.2 Å². The Bertz CT molecular complexity index is 825. The van der Waals surface area contributed by atoms with Crippen molar-refractivity contribution in [2.24, 2.45) is 4.99 Å². The summed E-state index contributed by atoms with van der Waals surface area (Å²) in [5.74, 6) is 0.331. The third-order valence-electron chi connectivity index (χ3n) is 4.91. The number of amides is 1. The molecule has 2 aliphatic rings. The number of hydrogen-bond acceptors (Lipinski definition) is 6. The van der Waals surface area contributed by atoms with E-state index in [1.165, 1.54) is 12.1 Å². The molecular weight excluding hydrogens is 380 g/mol. The van der Waals surface area contributed by atoms with Crippen LogP contribution in [0.5, 0.6) is 0 Å². The van der Waals surface area contributed by atoms with Crippen molar-refractivity contribution in [3.05, 3.63) is 24.3 Å². The average Bonchev–Trinajstić information content (AvgIpc) is 2.92. The van der Waals surface area contributed by atoms with E-state index in [1.807, 2.05) is 11.8 Å². The van der Waals surface area contributed by atoms with Crippen molar-refractivity contribution in [3.8, 4) is 0 Å². The highest BCUT2D eigenvalue weighted by Gasteiger charge is 2.22. The maximum Gasteiger partial charge on any atom is 0.262 e. The molecule has 1 fully saturated rings. The van der Waals surface area contributed by atoms with Crippen molar-refractivity contribution in [2.45, 2.75) is 43.5 Å². The lowest BCUT2D eigenvalue weighted by Gasteiger charge is -2.32. The van der Waals surface area contributed by atoms with Gasteiger partial charge in [0.25, 0.3) is 10.0 Å². The van der Waals surface area contributed by atoms with E-state index in [1.54, 1.807) is 12.1 Å². The van der Waals surface area contributed by atoms with Crippen molar-refractivity contribution in [2.75, 3.05) is 38.2 Å². The molecule has 0 spiro atoms. The summed E-state index contributed by atoms with van der Waals surface area (Å²) >= 11 is 0. The summed E-state index contributed by atoms with van der Waals surface area (Å²) in [7, 11) is -3.73. The number of morpholine rings is 1. The highest BCUT2D eigenvalue weighted by atomic mass is 32.2. The summed E-state index contributed by atoms with van der Waals surface area (Å²) in [5, 5.41) is 2.79. The number of amidine groups is 1. The molecule has 154 valence electrons. The standard InChI is InChI=1S/C19H28N4O4S/c1-15-14-27-11-10-23(15)13-19(24)21-16-6-5-7-17(12-16)28(25,26)22-18-8-3-2-4-9-20-18/h5-7,12,15H,2-4,8-11,13-14H2,1H3,(H,20,22)(H,21,24). The first-order chi connectivity index (χ1) is 13.4. The molecule has 1 saturated heterocycles. The smallest absolute Gasteiger partial charge is 0.262 e. The van der Waals surface area contributed by atoms with E-state index in [9.17, 15) is 13.2 Å². The Balaban J connectivity index is 1.64. The molecule has 3 rings (SSSR count). The van der Waals surface area contributed by atoms with E-state index < -0.39 is 10.0 Å². The maximum atomic E-state index is 12.7. The number of sulfonamides is 1. The summed E-state index contributed by atoms with van der Waals surface area (Å²) in [6.07, 6.45) is 3.59. The Morgan fingerprint density at radius 3 is 3.00 bits per heavy atom. The molecule has 1 aromatic carbocycles. The number of carbonyl (C=O) groups excluding carboxylic acids is 1. The van der Waals surface area contributed by atoms with Crippen LogP contribution >= 0.6 is 0 Å². The van der Waals surface area contributed by atoms with Gasteiger partial charge in [-0.3, -0.25) is 19.4 Å². The number of benzene rings is 1. The van der Waals surface area contributed by atoms with Gasteiger partial charge in [0.2, 0.25) is 5.91 Å². The summed E-state index contributed by atoms with van der Waals surface area (Å²) in [4.78, 5) is 18.8. The van der Waals surface area contributed by atoms with Crippen LogP contribution in [0.2, 0.25) is 0 Å². The van der Waals surface area contributed by atoms with E-state index in [2.05, 4.69) is 15.0 Å². The van der Waals surface area contributed by atoms with Crippen LogP contribution in [-0.2, 0) is 19.6 Å². The lowest BCUT2D eigenvalue weighted by molar-refractivity contribution is -0.119. The number of hydrogen-bond donors (Lipinski definition) is 2. The molecule has 1 amide bonds. The van der Waals surface area contributed by atoms with Gasteiger partial charge in [-0.25, -0.2) is 8.42 Å². The molecule has 28 heavy (non-hydrogen) atoms. The minimum absolute atomic E-state index is 0.108. The van der Waals surface area contributed by atoms with Crippen LogP contribution in [-0.4, -0.2) is 64.0 Å². The number of rotatable bonds is 5. The van der Waals surface area contributed by atoms with Gasteiger partial charge < -0.3 is 10.1 Å². The highest BCUT2D eigenvalue weighted by Crippen LogP contribution is 2.17. The van der Waals surface area contributed by atoms with Crippen LogP contribution in [0.15, 0.2) is 34.2 Å². The third kappa shape index (κ3) is 5.76. The van der Waals surface area contributed by atoms with Gasteiger partial charge in [0.1, 0.15) is 5.84 Å². The Hall–Kier alpha value is -1.97. The first-order valence-corrected chi connectivity index (χ1v) is 11.2. The third-order valence-corrected chi connectivity index (χ3v) is 6.29. The molecular formula is C19H28N4O4S. The Morgan fingerprint density at radius 1 is 1.32 bits per heavy atom. The second-order valence-corrected chi connectivity index (χ2v) is 8.90. The number of ether oxygens (including phenoxy) is 1. The molecule has 1 unspecified atom stereocenters. The van der Waals surface area contributed by atoms with Gasteiger partial charge in [0.15, 0.2) is 0 Å². The van der Waals surface area contributed by atoms with Gasteiger partial charge in [-0.2, -0.15) is 0 Å². The monoisotopic (exact) mass is 408 g/mol. The summed E-state index contributed by atoms with van der Waals surface area (Å²) in [6, 6.07) is 6.47. The summed E-state index contributed by atoms with van der Waals surface area (Å²) in [5.41, 5.74) is 0.455. The molecule has 1 atom stereocenters. The van der Waals surface area contributed by atoms with Crippen molar-refractivity contribution in [3.63, 3.8) is 0 Å². The number of aliphatic imine (C=N–C) groups is 1. The highest BCUT2D eigenvalue weighted by molar-refractivity contribution is 7.90. The predicted octanol–water partition coefficient (Wildman–Crippen LogP) is 1.60. The molecule has 8 nitrogen and oxygen atoms in total. The fraction of sp³-hybridized carbons (Fsp3) is 0.579. The zero-order valence-corrected chi connectivity index (χ0v) is 17.0. The van der Waals surface area contributed by atoms with Gasteiger partial charge in [0.05, 0.1) is 24.7 Å². The van der Waals surface area contributed by atoms with Crippen LogP contribution in [0, 0.1) is 0 Å². The van der Waals surface area contributed by atoms with Crippen molar-refractivity contribution >= 4 is 27.5 Å². The first-order valence-electron chi connectivity index (χ1n) is 9.72. The summed E-state index contributed by atoms with van der Waals surface area (Å²) < 4.78 is 33.3. The molecule has 0 saturated carbocycles. The van der Waals surface area contributed by atoms with Crippen LogP contribution in [0.25, 0.3) is 0 Å². The Labute approximate surface area is 166 Å². The maximum absolute atomic E-state index is 12.7. The Kier molecular flexibility index (Phi) is 7.03. The molecule has 1 aromatic rings. The molecule has 2 N–H and O–H groups in total. The van der Waals surface area contributed by atoms with E-state index >= 15 is 0 Å². The first kappa shape index (κ1) is 20.8. The van der Waals surface area contributed by atoms with Crippen molar-refractivity contribution in [1.82, 2.24) is 9.62 Å². The number of carbonyl (C=O) groups is 1. The lowest BCUT2D eigenvalue weighted by atomic mass is 10.2. The van der Waals surface area contributed by atoms with Crippen LogP contribution in [0.3, 0.4) is 0 Å². The average molecular weight is 409 g/mol. The van der Waals surface area contributed by atoms with Crippen molar-refractivity contribution in [1.29, 1.82) is 0 Å². The number of nitrogens with one attached hydrogen (secondary N) is 2. The van der Waals surface area contributed by atoms with Crippen LogP contribution in [0.4, 0.5) is 5.69 Å². The molecule has 2 heterocycles. The number of nitrogens with zero attached hydrogens (tertiary/aromatic N) is 2. The molecule has 9 heteroatoms. The molecule has 2 aliphatic heterocycles. The van der Waals surface area contributed by atoms with Crippen LogP contribution in [0.1, 0.15) is 32.6 Å². The quantitative estimate of drug-likeness (QED) is 0.771. The Morgan fingerprint density at radius 2 is 2.18 bits per heavy atom. The fourth-order valence-corrected chi connectivity index (χ4v) is 4.43. The van der Waals surface area contributed by atoms with E-state index in [0.717, 1.165) is 19.3 Å². The molecule has 0 aromatic heterocycles. The topological polar surface area (TPSA) is 100 Å². The van der Waals surface area contributed by atoms with Gasteiger partial charge in [-0.1, -0.05) is 12.5 Å². The fourth-order valence-electron chi connectivity index (χ4n) is 3.29. The van der Waals surface area contributed by atoms with E-state index in [0.29, 0.717) is 44.2 Å². The zero-order chi connectivity index (χ0) is 20.0. The minimum atomic E-state index is -3.73. The van der Waals surface area contributed by atoms with Crippen molar-refractivity contribution < 1.29 is 17.9 Å². The number of anilines is 1. The molecule has 0 aliphatic carbocycles. The zero-order valence-electron chi connectivity index (χ0n) is 16.2. The molecule has 0 bridgehead atoms. The molecule has 0 radical (unpaired) electrons. The predicted molar refractivity (Wildman–Crippen MR) is 108 cm³/mol. The largest absolute Gasteiger partial charge is 0.379 e. The second-order valence-electron chi connectivity index (χ2n) is 7.21. The lowest BCUT2D eigenvalue weighted by Crippen LogP contribution is -2.47. The van der Waals surface area contributed by atoms with Gasteiger partial charge in [-0.05, 0) is 38.0 Å². The normalized spacial score (nSPS) is 21.5. The van der Waals surface area contributed by atoms with Crippen LogP contribution < -0.4 is 10.0 Å². The van der Waals surface area contributed by atoms with E-state index in [4.69, 9.17) is 4.74 Å². The second kappa shape index (κ2) is 9.49. The SMILES string of the molecule is CC1COCCN1CC(=O)Nc1cccc(S(=O)(=O)NC2=NCCCCC2)c1. The van der Waals surface area contributed by atoms with Gasteiger partial charge >= 0.3 is 0 Å². The van der Waals surface area contributed by atoms with Gasteiger partial charge in [-0.15, -0.1) is 0 Å². The van der Waals surface area contributed by atoms with E-state index in [-0.39, 0.29) is 23.4 Å². The minimum Gasteiger partial charge on any atom is -0.379 e. The summed E-state index contributed by atoms with van der Waals surface area (Å²) in [6.45, 7) is 4.83.